The number of allylic oxidation sites excluding steroid dienone is 1. The van der Waals surface area contributed by atoms with Crippen LogP contribution in [0, 0.1) is 17.3 Å². The van der Waals surface area contributed by atoms with E-state index in [-0.39, 0.29) is 12.0 Å². The van der Waals surface area contributed by atoms with Crippen LogP contribution in [0.15, 0.2) is 11.6 Å². The third-order valence-corrected chi connectivity index (χ3v) is 6.14. The summed E-state index contributed by atoms with van der Waals surface area (Å²) in [6.07, 6.45) is 8.37. The Hall–Kier alpha value is -0.830. The molecule has 21 heavy (non-hydrogen) atoms. The van der Waals surface area contributed by atoms with Crippen LogP contribution in [0.3, 0.4) is 0 Å². The lowest BCUT2D eigenvalue weighted by atomic mass is 9.49. The van der Waals surface area contributed by atoms with E-state index in [1.807, 2.05) is 6.92 Å². The first-order valence-corrected chi connectivity index (χ1v) is 8.63. The summed E-state index contributed by atoms with van der Waals surface area (Å²) in [7, 11) is 0. The number of esters is 1. The van der Waals surface area contributed by atoms with Crippen molar-refractivity contribution in [1.82, 2.24) is 4.90 Å². The van der Waals surface area contributed by atoms with Gasteiger partial charge < -0.3 is 4.74 Å². The molecule has 3 heteroatoms. The van der Waals surface area contributed by atoms with Crippen LogP contribution in [-0.2, 0) is 9.53 Å². The Morgan fingerprint density at radius 3 is 2.90 bits per heavy atom. The van der Waals surface area contributed by atoms with Crippen molar-refractivity contribution in [1.29, 1.82) is 0 Å². The Kier molecular flexibility index (Phi) is 4.13. The van der Waals surface area contributed by atoms with E-state index in [1.165, 1.54) is 19.3 Å². The lowest BCUT2D eigenvalue weighted by Crippen LogP contribution is -2.52. The number of nitrogens with zero attached hydrogens (tertiary/aromatic N) is 1. The van der Waals surface area contributed by atoms with E-state index in [0.717, 1.165) is 37.8 Å². The van der Waals surface area contributed by atoms with Crippen LogP contribution >= 0.6 is 0 Å². The zero-order valence-electron chi connectivity index (χ0n) is 13.7. The SMILES string of the molecule is CCOC(=O)[C@H]1CCCCN1CC1=CC[C@H]2C[C@H]1C2(C)C. The van der Waals surface area contributed by atoms with Gasteiger partial charge in [-0.2, -0.15) is 0 Å². The lowest BCUT2D eigenvalue weighted by Gasteiger charge is -2.57. The Balaban J connectivity index is 1.68. The van der Waals surface area contributed by atoms with E-state index in [9.17, 15) is 4.79 Å². The molecule has 0 N–H and O–H groups in total. The van der Waals surface area contributed by atoms with Crippen LogP contribution in [0.2, 0.25) is 0 Å². The van der Waals surface area contributed by atoms with Crippen LogP contribution in [0.1, 0.15) is 52.9 Å². The van der Waals surface area contributed by atoms with Crippen LogP contribution in [0.4, 0.5) is 0 Å². The number of ether oxygens (including phenoxy) is 1. The average Bonchev–Trinajstić information content (AvgIpc) is 2.48. The van der Waals surface area contributed by atoms with Crippen LogP contribution in [0.25, 0.3) is 0 Å². The quantitative estimate of drug-likeness (QED) is 0.587. The van der Waals surface area contributed by atoms with Gasteiger partial charge >= 0.3 is 5.97 Å². The largest absolute Gasteiger partial charge is 0.465 e. The van der Waals surface area contributed by atoms with E-state index in [4.69, 9.17) is 4.74 Å². The lowest BCUT2D eigenvalue weighted by molar-refractivity contribution is -0.150. The average molecular weight is 291 g/mol. The molecule has 2 bridgehead atoms. The van der Waals surface area contributed by atoms with Gasteiger partial charge in [-0.15, -0.1) is 0 Å². The van der Waals surface area contributed by atoms with Gasteiger partial charge in [0.2, 0.25) is 0 Å². The number of likely N-dealkylation sites (tertiary alicyclic amines) is 1. The normalized spacial score (nSPS) is 34.8. The predicted octanol–water partition coefficient (Wildman–Crippen LogP) is 3.40. The van der Waals surface area contributed by atoms with Crippen molar-refractivity contribution in [3.63, 3.8) is 0 Å². The first-order valence-electron chi connectivity index (χ1n) is 8.63. The summed E-state index contributed by atoms with van der Waals surface area (Å²) >= 11 is 0. The molecule has 3 nitrogen and oxygen atoms in total. The third kappa shape index (κ3) is 2.65. The van der Waals surface area contributed by atoms with Crippen LogP contribution in [-0.4, -0.2) is 36.6 Å². The molecule has 0 unspecified atom stereocenters. The number of fused-ring (bicyclic) bond motifs is 1. The van der Waals surface area contributed by atoms with Gasteiger partial charge in [0.05, 0.1) is 6.61 Å². The molecule has 1 saturated carbocycles. The second-order valence-electron chi connectivity index (χ2n) is 7.56. The van der Waals surface area contributed by atoms with Crippen LogP contribution in [0.5, 0.6) is 0 Å². The molecular weight excluding hydrogens is 262 g/mol. The van der Waals surface area contributed by atoms with Gasteiger partial charge in [-0.1, -0.05) is 31.9 Å². The zero-order chi connectivity index (χ0) is 15.0. The molecule has 1 saturated heterocycles. The minimum atomic E-state index is -0.0145. The molecule has 0 aromatic carbocycles. The number of piperidine rings is 1. The first kappa shape index (κ1) is 15.1. The summed E-state index contributed by atoms with van der Waals surface area (Å²) in [5.41, 5.74) is 2.05. The topological polar surface area (TPSA) is 29.5 Å². The zero-order valence-corrected chi connectivity index (χ0v) is 13.7. The van der Waals surface area contributed by atoms with Crippen molar-refractivity contribution in [2.24, 2.45) is 17.3 Å². The summed E-state index contributed by atoms with van der Waals surface area (Å²) in [5.74, 6) is 1.61. The van der Waals surface area contributed by atoms with Gasteiger partial charge in [0.25, 0.3) is 0 Å². The smallest absolute Gasteiger partial charge is 0.323 e. The molecule has 1 aliphatic heterocycles. The summed E-state index contributed by atoms with van der Waals surface area (Å²) in [6, 6.07) is -0.0134. The number of hydrogen-bond acceptors (Lipinski definition) is 3. The van der Waals surface area contributed by atoms with Gasteiger partial charge in [0.1, 0.15) is 6.04 Å². The summed E-state index contributed by atoms with van der Waals surface area (Å²) < 4.78 is 5.28. The van der Waals surface area contributed by atoms with E-state index < -0.39 is 0 Å². The third-order valence-electron chi connectivity index (χ3n) is 6.14. The molecule has 3 aliphatic carbocycles. The van der Waals surface area contributed by atoms with Crippen molar-refractivity contribution in [2.75, 3.05) is 19.7 Å². The van der Waals surface area contributed by atoms with Gasteiger partial charge in [0, 0.05) is 6.54 Å². The fraction of sp³-hybridized carbons (Fsp3) is 0.833. The molecule has 0 aromatic heterocycles. The summed E-state index contributed by atoms with van der Waals surface area (Å²) in [6.45, 7) is 9.23. The van der Waals surface area contributed by atoms with Gasteiger partial charge in [0.15, 0.2) is 0 Å². The molecule has 4 rings (SSSR count). The Morgan fingerprint density at radius 1 is 1.43 bits per heavy atom. The fourth-order valence-electron chi connectivity index (χ4n) is 4.58. The van der Waals surface area contributed by atoms with Crippen molar-refractivity contribution in [3.8, 4) is 0 Å². The van der Waals surface area contributed by atoms with Crippen molar-refractivity contribution < 1.29 is 9.53 Å². The number of carbonyl (C=O) groups is 1. The minimum Gasteiger partial charge on any atom is -0.465 e. The highest BCUT2D eigenvalue weighted by molar-refractivity contribution is 5.76. The maximum absolute atomic E-state index is 12.2. The van der Waals surface area contributed by atoms with E-state index in [0.29, 0.717) is 12.0 Å². The standard InChI is InChI=1S/C18H29NO2/c1-4-21-17(20)16-7-5-6-10-19(16)12-13-8-9-14-11-15(13)18(14,2)3/h8,14-16H,4-7,9-12H2,1-3H3/t14-,15+,16+/m0/s1. The number of rotatable bonds is 4. The van der Waals surface area contributed by atoms with E-state index in [2.05, 4.69) is 24.8 Å². The van der Waals surface area contributed by atoms with E-state index in [1.54, 1.807) is 5.57 Å². The maximum atomic E-state index is 12.2. The molecule has 0 aromatic rings. The minimum absolute atomic E-state index is 0.0134. The maximum Gasteiger partial charge on any atom is 0.323 e. The highest BCUT2D eigenvalue weighted by Gasteiger charge is 2.51. The van der Waals surface area contributed by atoms with Gasteiger partial charge in [-0.05, 0) is 56.4 Å². The monoisotopic (exact) mass is 291 g/mol. The van der Waals surface area contributed by atoms with Gasteiger partial charge in [-0.3, -0.25) is 9.69 Å². The summed E-state index contributed by atoms with van der Waals surface area (Å²) in [5, 5.41) is 0. The summed E-state index contributed by atoms with van der Waals surface area (Å²) in [4.78, 5) is 14.6. The molecule has 3 atom stereocenters. The molecular formula is C18H29NO2. The second kappa shape index (κ2) is 5.75. The van der Waals surface area contributed by atoms with E-state index >= 15 is 0 Å². The molecule has 118 valence electrons. The molecule has 0 amide bonds. The van der Waals surface area contributed by atoms with Crippen LogP contribution < -0.4 is 0 Å². The molecule has 4 aliphatic rings. The molecule has 0 spiro atoms. The highest BCUT2D eigenvalue weighted by atomic mass is 16.5. The number of hydrogen-bond donors (Lipinski definition) is 0. The Labute approximate surface area is 128 Å². The second-order valence-corrected chi connectivity index (χ2v) is 7.56. The molecule has 0 radical (unpaired) electrons. The van der Waals surface area contributed by atoms with Crippen molar-refractivity contribution in [3.05, 3.63) is 11.6 Å². The fourth-order valence-corrected chi connectivity index (χ4v) is 4.58. The highest BCUT2D eigenvalue weighted by Crippen LogP contribution is 2.59. The number of carbonyl (C=O) groups excluding carboxylic acids is 1. The van der Waals surface area contributed by atoms with Crippen molar-refractivity contribution >= 4 is 5.97 Å². The molecule has 2 fully saturated rings. The Morgan fingerprint density at radius 2 is 2.24 bits per heavy atom. The van der Waals surface area contributed by atoms with Gasteiger partial charge in [-0.25, -0.2) is 0 Å². The molecule has 1 heterocycles. The predicted molar refractivity (Wildman–Crippen MR) is 83.9 cm³/mol. The first-order chi connectivity index (χ1) is 10.0. The van der Waals surface area contributed by atoms with Crippen molar-refractivity contribution in [2.45, 2.75) is 58.9 Å². The Bertz CT molecular complexity index is 440.